The van der Waals surface area contributed by atoms with Gasteiger partial charge in [-0.2, -0.15) is 5.10 Å². The molecule has 1 aromatic carbocycles. The second kappa shape index (κ2) is 10.9. The first-order chi connectivity index (χ1) is 14.3. The first-order valence-electron chi connectivity index (χ1n) is 10.2. The highest BCUT2D eigenvalue weighted by molar-refractivity contribution is 14.0. The standard InChI is InChI=1S/C22H28N6S.HI/c1-23-21(25-14-18-7-9-19(10-8-18)28-17-24-16-27-28)26-15-22(11-3-2-4-12-22)20-6-5-13-29-20;/h5-10,13,16-17H,2-4,11-12,14-15H2,1H3,(H2,23,25,26);1H. The van der Waals surface area contributed by atoms with E-state index in [9.17, 15) is 0 Å². The van der Waals surface area contributed by atoms with Crippen LogP contribution < -0.4 is 10.6 Å². The van der Waals surface area contributed by atoms with Crippen LogP contribution in [0.1, 0.15) is 42.5 Å². The summed E-state index contributed by atoms with van der Waals surface area (Å²) in [5.74, 6) is 0.854. The van der Waals surface area contributed by atoms with Crippen molar-refractivity contribution >= 4 is 41.3 Å². The van der Waals surface area contributed by atoms with Gasteiger partial charge in [-0.3, -0.25) is 4.99 Å². The van der Waals surface area contributed by atoms with E-state index in [1.165, 1.54) is 42.5 Å². The number of rotatable bonds is 6. The molecule has 3 aromatic rings. The lowest BCUT2D eigenvalue weighted by Crippen LogP contribution is -2.46. The highest BCUT2D eigenvalue weighted by atomic mass is 127. The quantitative estimate of drug-likeness (QED) is 0.277. The minimum atomic E-state index is 0. The first kappa shape index (κ1) is 22.7. The zero-order valence-corrected chi connectivity index (χ0v) is 20.4. The Hall–Kier alpha value is -1.94. The van der Waals surface area contributed by atoms with E-state index in [4.69, 9.17) is 0 Å². The molecule has 8 heteroatoms. The molecule has 1 saturated carbocycles. The third kappa shape index (κ3) is 5.40. The Kier molecular flexibility index (Phi) is 8.26. The van der Waals surface area contributed by atoms with Crippen molar-refractivity contribution in [3.63, 3.8) is 0 Å². The van der Waals surface area contributed by atoms with Crippen LogP contribution in [0.4, 0.5) is 0 Å². The molecule has 0 bridgehead atoms. The fraction of sp³-hybridized carbons (Fsp3) is 0.409. The number of guanidine groups is 1. The highest BCUT2D eigenvalue weighted by Crippen LogP contribution is 2.41. The molecule has 30 heavy (non-hydrogen) atoms. The molecule has 0 amide bonds. The molecule has 0 spiro atoms. The summed E-state index contributed by atoms with van der Waals surface area (Å²) in [6.45, 7) is 1.65. The molecule has 2 heterocycles. The molecule has 0 atom stereocenters. The SMILES string of the molecule is CN=C(NCc1ccc(-n2cncn2)cc1)NCC1(c2cccs2)CCCCC1.I. The number of aliphatic imine (C=N–C) groups is 1. The first-order valence-corrected chi connectivity index (χ1v) is 11.1. The largest absolute Gasteiger partial charge is 0.355 e. The average molecular weight is 536 g/mol. The van der Waals surface area contributed by atoms with Gasteiger partial charge in [0.1, 0.15) is 12.7 Å². The predicted molar refractivity (Wildman–Crippen MR) is 134 cm³/mol. The molecule has 2 aromatic heterocycles. The van der Waals surface area contributed by atoms with E-state index in [-0.39, 0.29) is 29.4 Å². The van der Waals surface area contributed by atoms with Gasteiger partial charge in [-0.05, 0) is 42.0 Å². The minimum absolute atomic E-state index is 0. The topological polar surface area (TPSA) is 67.1 Å². The lowest BCUT2D eigenvalue weighted by Gasteiger charge is -2.37. The molecule has 4 rings (SSSR count). The number of benzene rings is 1. The van der Waals surface area contributed by atoms with Crippen LogP contribution in [0.3, 0.4) is 0 Å². The Labute approximate surface area is 199 Å². The van der Waals surface area contributed by atoms with Gasteiger partial charge in [0.15, 0.2) is 5.96 Å². The van der Waals surface area contributed by atoms with Crippen LogP contribution in [0.15, 0.2) is 59.4 Å². The monoisotopic (exact) mass is 536 g/mol. The van der Waals surface area contributed by atoms with Gasteiger partial charge < -0.3 is 10.6 Å². The van der Waals surface area contributed by atoms with Crippen molar-refractivity contribution in [2.24, 2.45) is 4.99 Å². The van der Waals surface area contributed by atoms with Crippen molar-refractivity contribution in [2.45, 2.75) is 44.1 Å². The molecule has 1 aliphatic carbocycles. The van der Waals surface area contributed by atoms with Gasteiger partial charge in [0, 0.05) is 30.4 Å². The van der Waals surface area contributed by atoms with Gasteiger partial charge in [0.25, 0.3) is 0 Å². The summed E-state index contributed by atoms with van der Waals surface area (Å²) in [4.78, 5) is 9.93. The zero-order valence-electron chi connectivity index (χ0n) is 17.3. The predicted octanol–water partition coefficient (Wildman–Crippen LogP) is 4.51. The average Bonchev–Trinajstić information content (AvgIpc) is 3.50. The van der Waals surface area contributed by atoms with E-state index >= 15 is 0 Å². The van der Waals surface area contributed by atoms with E-state index in [0.29, 0.717) is 0 Å². The van der Waals surface area contributed by atoms with Gasteiger partial charge >= 0.3 is 0 Å². The Balaban J connectivity index is 0.00000256. The van der Waals surface area contributed by atoms with Crippen LogP contribution in [0, 0.1) is 0 Å². The number of thiophene rings is 1. The van der Waals surface area contributed by atoms with Crippen molar-refractivity contribution in [3.05, 3.63) is 64.9 Å². The fourth-order valence-electron chi connectivity index (χ4n) is 4.09. The summed E-state index contributed by atoms with van der Waals surface area (Å²) < 4.78 is 1.76. The Morgan fingerprint density at radius 1 is 1.13 bits per heavy atom. The Morgan fingerprint density at radius 2 is 1.93 bits per heavy atom. The third-order valence-corrected chi connectivity index (χ3v) is 6.87. The molecule has 0 radical (unpaired) electrons. The fourth-order valence-corrected chi connectivity index (χ4v) is 5.07. The zero-order chi connectivity index (χ0) is 19.9. The lowest BCUT2D eigenvalue weighted by molar-refractivity contribution is 0.296. The van der Waals surface area contributed by atoms with Crippen LogP contribution in [0.25, 0.3) is 5.69 Å². The van der Waals surface area contributed by atoms with Gasteiger partial charge in [-0.1, -0.05) is 37.5 Å². The molecule has 0 saturated heterocycles. The molecular weight excluding hydrogens is 507 g/mol. The van der Waals surface area contributed by atoms with Crippen LogP contribution >= 0.6 is 35.3 Å². The van der Waals surface area contributed by atoms with Crippen LogP contribution in [0.5, 0.6) is 0 Å². The van der Waals surface area contributed by atoms with E-state index in [0.717, 1.165) is 24.7 Å². The van der Waals surface area contributed by atoms with E-state index in [1.807, 2.05) is 18.4 Å². The van der Waals surface area contributed by atoms with Crippen molar-refractivity contribution < 1.29 is 0 Å². The van der Waals surface area contributed by atoms with Crippen molar-refractivity contribution in [1.29, 1.82) is 0 Å². The third-order valence-electron chi connectivity index (χ3n) is 5.75. The second-order valence-corrected chi connectivity index (χ2v) is 8.55. The molecular formula is C22H29IN6S. The van der Waals surface area contributed by atoms with Crippen LogP contribution in [-0.2, 0) is 12.0 Å². The number of hydrogen-bond acceptors (Lipinski definition) is 4. The number of hydrogen-bond donors (Lipinski definition) is 2. The van der Waals surface area contributed by atoms with Crippen LogP contribution in [0.2, 0.25) is 0 Å². The van der Waals surface area contributed by atoms with Crippen molar-refractivity contribution in [1.82, 2.24) is 25.4 Å². The minimum Gasteiger partial charge on any atom is -0.355 e. The second-order valence-electron chi connectivity index (χ2n) is 7.60. The van der Waals surface area contributed by atoms with Gasteiger partial charge in [-0.25, -0.2) is 9.67 Å². The maximum atomic E-state index is 4.43. The molecule has 160 valence electrons. The molecule has 6 nitrogen and oxygen atoms in total. The maximum absolute atomic E-state index is 4.43. The van der Waals surface area contributed by atoms with E-state index in [2.05, 4.69) is 67.5 Å². The molecule has 1 fully saturated rings. The van der Waals surface area contributed by atoms with Gasteiger partial charge in [-0.15, -0.1) is 35.3 Å². The molecule has 0 aliphatic heterocycles. The van der Waals surface area contributed by atoms with Crippen LogP contribution in [-0.4, -0.2) is 34.3 Å². The molecule has 1 aliphatic rings. The maximum Gasteiger partial charge on any atom is 0.191 e. The summed E-state index contributed by atoms with van der Waals surface area (Å²) in [5, 5.41) is 13.4. The summed E-state index contributed by atoms with van der Waals surface area (Å²) >= 11 is 1.89. The number of aromatic nitrogens is 3. The number of halogens is 1. The Bertz CT molecular complexity index is 900. The normalized spacial score (nSPS) is 16.0. The number of nitrogens with one attached hydrogen (secondary N) is 2. The van der Waals surface area contributed by atoms with Gasteiger partial charge in [0.05, 0.1) is 5.69 Å². The van der Waals surface area contributed by atoms with Gasteiger partial charge in [0.2, 0.25) is 0 Å². The smallest absolute Gasteiger partial charge is 0.191 e. The van der Waals surface area contributed by atoms with E-state index in [1.54, 1.807) is 17.3 Å². The summed E-state index contributed by atoms with van der Waals surface area (Å²) in [6, 6.07) is 12.8. The molecule has 2 N–H and O–H groups in total. The number of nitrogens with zero attached hydrogens (tertiary/aromatic N) is 4. The molecule has 0 unspecified atom stereocenters. The van der Waals surface area contributed by atoms with Crippen molar-refractivity contribution in [2.75, 3.05) is 13.6 Å². The van der Waals surface area contributed by atoms with E-state index < -0.39 is 0 Å². The summed E-state index contributed by atoms with van der Waals surface area (Å²) in [5.41, 5.74) is 2.44. The highest BCUT2D eigenvalue weighted by Gasteiger charge is 2.34. The Morgan fingerprint density at radius 3 is 2.57 bits per heavy atom. The lowest BCUT2D eigenvalue weighted by atomic mass is 9.73. The summed E-state index contributed by atoms with van der Waals surface area (Å²) in [7, 11) is 1.84. The summed E-state index contributed by atoms with van der Waals surface area (Å²) in [6.07, 6.45) is 9.72. The van der Waals surface area contributed by atoms with Crippen molar-refractivity contribution in [3.8, 4) is 5.69 Å².